The second kappa shape index (κ2) is 8.58. The van der Waals surface area contributed by atoms with Crippen LogP contribution >= 0.6 is 23.2 Å². The van der Waals surface area contributed by atoms with Gasteiger partial charge >= 0.3 is 12.0 Å². The van der Waals surface area contributed by atoms with Crippen molar-refractivity contribution < 1.29 is 23.9 Å². The number of esters is 1. The molecule has 1 aromatic rings. The summed E-state index contributed by atoms with van der Waals surface area (Å²) >= 11 is 11.8. The normalized spacial score (nSPS) is 15.5. The third-order valence-electron chi connectivity index (χ3n) is 4.31. The highest BCUT2D eigenvalue weighted by Gasteiger charge is 2.49. The zero-order valence-electron chi connectivity index (χ0n) is 14.8. The Hall–Kier alpha value is -2.32. The molecule has 1 aromatic carbocycles. The van der Waals surface area contributed by atoms with E-state index < -0.39 is 42.5 Å². The number of urea groups is 1. The summed E-state index contributed by atoms with van der Waals surface area (Å²) < 4.78 is 4.84. The average molecular weight is 416 g/mol. The van der Waals surface area contributed by atoms with Gasteiger partial charge in [0, 0.05) is 5.02 Å². The number of hydrogen-bond acceptors (Lipinski definition) is 5. The quantitative estimate of drug-likeness (QED) is 0.525. The Morgan fingerprint density at radius 1 is 1.22 bits per heavy atom. The van der Waals surface area contributed by atoms with Crippen LogP contribution in [0.1, 0.15) is 26.7 Å². The molecule has 27 heavy (non-hydrogen) atoms. The fourth-order valence-electron chi connectivity index (χ4n) is 2.65. The Balaban J connectivity index is 1.89. The molecule has 8 nitrogen and oxygen atoms in total. The molecule has 0 atom stereocenters. The number of amides is 4. The molecule has 0 bridgehead atoms. The van der Waals surface area contributed by atoms with Gasteiger partial charge in [0.15, 0.2) is 6.61 Å². The summed E-state index contributed by atoms with van der Waals surface area (Å²) in [5.74, 6) is -2.00. The summed E-state index contributed by atoms with van der Waals surface area (Å²) in [5, 5.41) is 5.71. The van der Waals surface area contributed by atoms with Gasteiger partial charge in [-0.15, -0.1) is 0 Å². The number of nitrogens with one attached hydrogen (secondary N) is 2. The van der Waals surface area contributed by atoms with Crippen molar-refractivity contribution in [3.8, 4) is 0 Å². The highest BCUT2D eigenvalue weighted by Crippen LogP contribution is 2.26. The molecule has 0 spiro atoms. The van der Waals surface area contributed by atoms with E-state index in [-0.39, 0.29) is 10.7 Å². The molecule has 4 amide bonds. The Bertz CT molecular complexity index is 780. The number of anilines is 1. The monoisotopic (exact) mass is 415 g/mol. The van der Waals surface area contributed by atoms with E-state index in [9.17, 15) is 19.2 Å². The van der Waals surface area contributed by atoms with Crippen molar-refractivity contribution in [2.75, 3.05) is 18.5 Å². The van der Waals surface area contributed by atoms with Gasteiger partial charge in [0.1, 0.15) is 12.1 Å². The minimum atomic E-state index is -1.00. The number of carbonyl (C=O) groups is 4. The van der Waals surface area contributed by atoms with Crippen LogP contribution < -0.4 is 10.6 Å². The van der Waals surface area contributed by atoms with Gasteiger partial charge < -0.3 is 15.4 Å². The van der Waals surface area contributed by atoms with Crippen molar-refractivity contribution in [1.29, 1.82) is 0 Å². The standard InChI is InChI=1S/C17H19Cl2N3O5/c1-3-17(4-2)15(25)22(16(26)21-17)8-14(24)27-9-13(23)20-12-7-10(18)5-6-11(12)19/h5-7H,3-4,8-9H2,1-2H3,(H,20,23)(H,21,26). The molecular weight excluding hydrogens is 397 g/mol. The zero-order valence-corrected chi connectivity index (χ0v) is 16.3. The van der Waals surface area contributed by atoms with Gasteiger partial charge in [0.25, 0.3) is 11.8 Å². The minimum absolute atomic E-state index is 0.272. The third-order valence-corrected chi connectivity index (χ3v) is 4.87. The van der Waals surface area contributed by atoms with Crippen LogP contribution in [0.2, 0.25) is 10.0 Å². The smallest absolute Gasteiger partial charge is 0.326 e. The molecule has 1 heterocycles. The number of ether oxygens (including phenoxy) is 1. The van der Waals surface area contributed by atoms with E-state index in [1.807, 2.05) is 0 Å². The van der Waals surface area contributed by atoms with Gasteiger partial charge in [0.05, 0.1) is 10.7 Å². The van der Waals surface area contributed by atoms with Crippen molar-refractivity contribution in [2.45, 2.75) is 32.2 Å². The van der Waals surface area contributed by atoms with Gasteiger partial charge in [-0.25, -0.2) is 4.79 Å². The number of hydrogen-bond donors (Lipinski definition) is 2. The van der Waals surface area contributed by atoms with Gasteiger partial charge in [-0.05, 0) is 31.0 Å². The molecule has 0 radical (unpaired) electrons. The highest BCUT2D eigenvalue weighted by molar-refractivity contribution is 6.35. The van der Waals surface area contributed by atoms with E-state index in [0.29, 0.717) is 17.9 Å². The predicted octanol–water partition coefficient (Wildman–Crippen LogP) is 2.59. The van der Waals surface area contributed by atoms with Crippen LogP contribution in [-0.4, -0.2) is 47.4 Å². The Kier molecular flexibility index (Phi) is 6.67. The first-order chi connectivity index (χ1) is 12.7. The van der Waals surface area contributed by atoms with E-state index in [1.54, 1.807) is 19.9 Å². The molecule has 0 saturated carbocycles. The van der Waals surface area contributed by atoms with Crippen molar-refractivity contribution in [3.63, 3.8) is 0 Å². The lowest BCUT2D eigenvalue weighted by Crippen LogP contribution is -2.46. The van der Waals surface area contributed by atoms with Crippen LogP contribution in [0.5, 0.6) is 0 Å². The molecule has 0 aliphatic carbocycles. The first-order valence-corrected chi connectivity index (χ1v) is 9.02. The number of benzene rings is 1. The number of rotatable bonds is 7. The first kappa shape index (κ1) is 21.0. The van der Waals surface area contributed by atoms with Crippen LogP contribution in [0.4, 0.5) is 10.5 Å². The molecule has 1 aliphatic heterocycles. The topological polar surface area (TPSA) is 105 Å². The summed E-state index contributed by atoms with van der Waals surface area (Å²) in [5.41, 5.74) is -0.729. The largest absolute Gasteiger partial charge is 0.454 e. The number of nitrogens with zero attached hydrogens (tertiary/aromatic N) is 1. The number of imide groups is 1. The van der Waals surface area contributed by atoms with E-state index in [4.69, 9.17) is 27.9 Å². The molecular formula is C17H19Cl2N3O5. The van der Waals surface area contributed by atoms with E-state index in [1.165, 1.54) is 12.1 Å². The van der Waals surface area contributed by atoms with E-state index >= 15 is 0 Å². The highest BCUT2D eigenvalue weighted by atomic mass is 35.5. The van der Waals surface area contributed by atoms with Gasteiger partial charge in [0.2, 0.25) is 0 Å². The van der Waals surface area contributed by atoms with Gasteiger partial charge in [-0.1, -0.05) is 37.0 Å². The minimum Gasteiger partial charge on any atom is -0.454 e. The van der Waals surface area contributed by atoms with Crippen molar-refractivity contribution in [3.05, 3.63) is 28.2 Å². The number of carbonyl (C=O) groups excluding carboxylic acids is 4. The molecule has 1 saturated heterocycles. The van der Waals surface area contributed by atoms with Crippen LogP contribution in [-0.2, 0) is 19.1 Å². The summed E-state index contributed by atoms with van der Waals surface area (Å²) in [6.07, 6.45) is 0.810. The lowest BCUT2D eigenvalue weighted by molar-refractivity contribution is -0.150. The zero-order chi connectivity index (χ0) is 20.2. The summed E-state index contributed by atoms with van der Waals surface area (Å²) in [6.45, 7) is 2.37. The molecule has 146 valence electrons. The second-order valence-corrected chi connectivity index (χ2v) is 6.79. The van der Waals surface area contributed by atoms with E-state index in [0.717, 1.165) is 4.90 Å². The summed E-state index contributed by atoms with van der Waals surface area (Å²) in [7, 11) is 0. The Morgan fingerprint density at radius 2 is 1.89 bits per heavy atom. The predicted molar refractivity (Wildman–Crippen MR) is 99.6 cm³/mol. The molecule has 2 N–H and O–H groups in total. The molecule has 1 aliphatic rings. The summed E-state index contributed by atoms with van der Waals surface area (Å²) in [4.78, 5) is 49.0. The Labute approximate surface area is 166 Å². The van der Waals surface area contributed by atoms with Gasteiger partial charge in [-0.3, -0.25) is 19.3 Å². The maximum Gasteiger partial charge on any atom is 0.326 e. The van der Waals surface area contributed by atoms with Crippen molar-refractivity contribution in [1.82, 2.24) is 10.2 Å². The van der Waals surface area contributed by atoms with Crippen LogP contribution in [0.25, 0.3) is 0 Å². The van der Waals surface area contributed by atoms with Crippen LogP contribution in [0.15, 0.2) is 18.2 Å². The summed E-state index contributed by atoms with van der Waals surface area (Å²) in [6, 6.07) is 3.86. The lowest BCUT2D eigenvalue weighted by atomic mass is 9.93. The van der Waals surface area contributed by atoms with Crippen molar-refractivity contribution in [2.24, 2.45) is 0 Å². The molecule has 10 heteroatoms. The molecule has 0 unspecified atom stereocenters. The number of halogens is 2. The van der Waals surface area contributed by atoms with Crippen LogP contribution in [0.3, 0.4) is 0 Å². The fourth-order valence-corrected chi connectivity index (χ4v) is 2.99. The fraction of sp³-hybridized carbons (Fsp3) is 0.412. The van der Waals surface area contributed by atoms with Crippen molar-refractivity contribution >= 4 is 52.7 Å². The van der Waals surface area contributed by atoms with Gasteiger partial charge in [-0.2, -0.15) is 0 Å². The first-order valence-electron chi connectivity index (χ1n) is 8.27. The molecule has 1 fully saturated rings. The molecule has 0 aromatic heterocycles. The third kappa shape index (κ3) is 4.70. The molecule has 2 rings (SSSR count). The maximum absolute atomic E-state index is 12.4. The second-order valence-electron chi connectivity index (χ2n) is 5.94. The lowest BCUT2D eigenvalue weighted by Gasteiger charge is -2.22. The Morgan fingerprint density at radius 3 is 2.48 bits per heavy atom. The maximum atomic E-state index is 12.4. The van der Waals surface area contributed by atoms with E-state index in [2.05, 4.69) is 10.6 Å². The average Bonchev–Trinajstić information content (AvgIpc) is 2.87. The van der Waals surface area contributed by atoms with Crippen LogP contribution in [0, 0.1) is 0 Å². The SMILES string of the molecule is CCC1(CC)NC(=O)N(CC(=O)OCC(=O)Nc2cc(Cl)ccc2Cl)C1=O.